The normalized spacial score (nSPS) is 22.6. The summed E-state index contributed by atoms with van der Waals surface area (Å²) in [4.78, 5) is 13.6. The molecule has 0 amide bonds. The van der Waals surface area contributed by atoms with Gasteiger partial charge in [0.15, 0.2) is 5.78 Å². The summed E-state index contributed by atoms with van der Waals surface area (Å²) in [5.41, 5.74) is 3.67. The molecule has 30 heavy (non-hydrogen) atoms. The molecule has 1 heterocycles. The van der Waals surface area contributed by atoms with Crippen LogP contribution in [0.3, 0.4) is 0 Å². The van der Waals surface area contributed by atoms with E-state index in [1.54, 1.807) is 0 Å². The van der Waals surface area contributed by atoms with Crippen molar-refractivity contribution in [3.05, 3.63) is 89.0 Å². The first-order chi connectivity index (χ1) is 14.4. The molecule has 4 rings (SSSR count). The minimum atomic E-state index is -0.927. The Hall–Kier alpha value is -2.49. The van der Waals surface area contributed by atoms with Crippen LogP contribution >= 0.6 is 0 Å². The molecule has 0 spiro atoms. The van der Waals surface area contributed by atoms with E-state index in [4.69, 9.17) is 0 Å². The van der Waals surface area contributed by atoms with Crippen LogP contribution in [0.25, 0.3) is 5.57 Å². The van der Waals surface area contributed by atoms with Crippen LogP contribution in [0.4, 0.5) is 0 Å². The van der Waals surface area contributed by atoms with Crippen molar-refractivity contribution in [2.75, 3.05) is 13.1 Å². The summed E-state index contributed by atoms with van der Waals surface area (Å²) in [6.07, 6.45) is 5.03. The van der Waals surface area contributed by atoms with Crippen LogP contribution < -0.4 is 5.32 Å². The topological polar surface area (TPSA) is 49.3 Å². The van der Waals surface area contributed by atoms with Gasteiger partial charge < -0.3 is 10.4 Å². The van der Waals surface area contributed by atoms with Gasteiger partial charge in [-0.25, -0.2) is 0 Å². The van der Waals surface area contributed by atoms with Crippen LogP contribution in [0.2, 0.25) is 0 Å². The molecule has 3 heteroatoms. The van der Waals surface area contributed by atoms with Gasteiger partial charge in [0.05, 0.1) is 5.60 Å². The number of rotatable bonds is 5. The molecule has 2 atom stereocenters. The quantitative estimate of drug-likeness (QED) is 0.690. The van der Waals surface area contributed by atoms with Crippen LogP contribution in [0, 0.1) is 11.8 Å². The number of benzene rings is 2. The average molecular weight is 402 g/mol. The van der Waals surface area contributed by atoms with E-state index in [0.29, 0.717) is 12.3 Å². The number of aliphatic hydroxyl groups is 1. The zero-order chi connectivity index (χ0) is 21.1. The molecule has 2 aliphatic rings. The highest BCUT2D eigenvalue weighted by Crippen LogP contribution is 2.44. The molecule has 2 unspecified atom stereocenters. The van der Waals surface area contributed by atoms with Gasteiger partial charge in [0.25, 0.3) is 0 Å². The van der Waals surface area contributed by atoms with Crippen LogP contribution in [-0.2, 0) is 0 Å². The smallest absolute Gasteiger partial charge is 0.189 e. The van der Waals surface area contributed by atoms with Gasteiger partial charge in [-0.05, 0) is 74.7 Å². The fourth-order valence-electron chi connectivity index (χ4n) is 4.92. The minimum Gasteiger partial charge on any atom is -0.386 e. The van der Waals surface area contributed by atoms with Crippen molar-refractivity contribution in [2.24, 2.45) is 11.8 Å². The van der Waals surface area contributed by atoms with Gasteiger partial charge in [0, 0.05) is 11.1 Å². The lowest BCUT2D eigenvalue weighted by Gasteiger charge is -2.40. The summed E-state index contributed by atoms with van der Waals surface area (Å²) in [5, 5.41) is 14.6. The molecule has 0 saturated carbocycles. The van der Waals surface area contributed by atoms with Crippen molar-refractivity contribution in [1.29, 1.82) is 0 Å². The monoisotopic (exact) mass is 401 g/mol. The molecule has 3 nitrogen and oxygen atoms in total. The van der Waals surface area contributed by atoms with E-state index in [9.17, 15) is 9.90 Å². The summed E-state index contributed by atoms with van der Waals surface area (Å²) >= 11 is 0. The van der Waals surface area contributed by atoms with E-state index in [0.717, 1.165) is 53.8 Å². The molecule has 1 fully saturated rings. The Bertz CT molecular complexity index is 945. The number of piperidine rings is 1. The SMILES string of the molecule is CC(C)(O)C1=CC(c2ccccc2)=C(C(=O)c2ccccc2)CC1C1CCCNC1. The van der Waals surface area contributed by atoms with Crippen molar-refractivity contribution in [3.63, 3.8) is 0 Å². The summed E-state index contributed by atoms with van der Waals surface area (Å²) < 4.78 is 0. The van der Waals surface area contributed by atoms with Crippen molar-refractivity contribution >= 4 is 11.4 Å². The summed E-state index contributed by atoms with van der Waals surface area (Å²) in [5.74, 6) is 0.675. The van der Waals surface area contributed by atoms with E-state index >= 15 is 0 Å². The second kappa shape index (κ2) is 8.71. The summed E-state index contributed by atoms with van der Waals surface area (Å²) in [6, 6.07) is 19.6. The molecule has 1 aliphatic heterocycles. The van der Waals surface area contributed by atoms with E-state index in [-0.39, 0.29) is 11.7 Å². The van der Waals surface area contributed by atoms with Gasteiger partial charge in [0.2, 0.25) is 0 Å². The Morgan fingerprint density at radius 3 is 2.30 bits per heavy atom. The highest BCUT2D eigenvalue weighted by atomic mass is 16.3. The second-order valence-electron chi connectivity index (χ2n) is 9.03. The molecule has 156 valence electrons. The number of ketones is 1. The second-order valence-corrected chi connectivity index (χ2v) is 9.03. The molecule has 0 radical (unpaired) electrons. The van der Waals surface area contributed by atoms with Crippen molar-refractivity contribution in [1.82, 2.24) is 5.32 Å². The predicted molar refractivity (Wildman–Crippen MR) is 122 cm³/mol. The number of hydrogen-bond donors (Lipinski definition) is 2. The number of carbonyl (C=O) groups is 1. The molecule has 2 aromatic rings. The van der Waals surface area contributed by atoms with Crippen LogP contribution in [-0.4, -0.2) is 29.6 Å². The fourth-order valence-corrected chi connectivity index (χ4v) is 4.92. The Kier molecular flexibility index (Phi) is 6.03. The van der Waals surface area contributed by atoms with Crippen LogP contribution in [0.1, 0.15) is 49.0 Å². The van der Waals surface area contributed by atoms with E-state index in [1.165, 1.54) is 0 Å². The molecular weight excluding hydrogens is 370 g/mol. The predicted octanol–water partition coefficient (Wildman–Crippen LogP) is 5.04. The van der Waals surface area contributed by atoms with Gasteiger partial charge >= 0.3 is 0 Å². The van der Waals surface area contributed by atoms with Gasteiger partial charge in [-0.15, -0.1) is 0 Å². The van der Waals surface area contributed by atoms with Crippen molar-refractivity contribution < 1.29 is 9.90 Å². The largest absolute Gasteiger partial charge is 0.386 e. The Morgan fingerprint density at radius 1 is 1.03 bits per heavy atom. The first-order valence-electron chi connectivity index (χ1n) is 11.0. The van der Waals surface area contributed by atoms with Crippen molar-refractivity contribution in [2.45, 2.75) is 38.7 Å². The molecule has 0 bridgehead atoms. The maximum Gasteiger partial charge on any atom is 0.189 e. The highest BCUT2D eigenvalue weighted by molar-refractivity contribution is 6.14. The minimum absolute atomic E-state index is 0.0919. The van der Waals surface area contributed by atoms with E-state index in [1.807, 2.05) is 62.4 Å². The lowest BCUT2D eigenvalue weighted by atomic mass is 9.68. The summed E-state index contributed by atoms with van der Waals surface area (Å²) in [7, 11) is 0. The number of nitrogens with one attached hydrogen (secondary N) is 1. The number of hydrogen-bond acceptors (Lipinski definition) is 3. The maximum atomic E-state index is 13.6. The van der Waals surface area contributed by atoms with Gasteiger partial charge in [-0.1, -0.05) is 66.7 Å². The lowest BCUT2D eigenvalue weighted by molar-refractivity contribution is 0.0925. The van der Waals surface area contributed by atoms with Crippen LogP contribution in [0.5, 0.6) is 0 Å². The van der Waals surface area contributed by atoms with E-state index < -0.39 is 5.60 Å². The molecule has 2 N–H and O–H groups in total. The standard InChI is InChI=1S/C27H31NO2/c1-27(2,30)25-17-22(19-10-5-3-6-11-19)24(26(29)20-12-7-4-8-13-20)16-23(25)21-14-9-15-28-18-21/h3-8,10-13,17,21,23,28,30H,9,14-16,18H2,1-2H3. The Balaban J connectivity index is 1.85. The fraction of sp³-hybridized carbons (Fsp3) is 0.370. The third kappa shape index (κ3) is 4.33. The van der Waals surface area contributed by atoms with Gasteiger partial charge in [-0.2, -0.15) is 0 Å². The molecule has 0 aromatic heterocycles. The molecule has 2 aromatic carbocycles. The molecular formula is C27H31NO2. The Labute approximate surface area is 179 Å². The molecule has 1 saturated heterocycles. The summed E-state index contributed by atoms with van der Waals surface area (Å²) in [6.45, 7) is 5.72. The lowest BCUT2D eigenvalue weighted by Crippen LogP contribution is -2.40. The average Bonchev–Trinajstić information content (AvgIpc) is 2.79. The first kappa shape index (κ1) is 20.8. The number of Topliss-reactive ketones (excluding diaryl/α,β-unsaturated/α-hetero) is 1. The number of carbonyl (C=O) groups excluding carboxylic acids is 1. The maximum absolute atomic E-state index is 13.6. The highest BCUT2D eigenvalue weighted by Gasteiger charge is 2.38. The van der Waals surface area contributed by atoms with Gasteiger partial charge in [0.1, 0.15) is 0 Å². The number of allylic oxidation sites excluding steroid dienone is 3. The van der Waals surface area contributed by atoms with Gasteiger partial charge in [-0.3, -0.25) is 4.79 Å². The zero-order valence-electron chi connectivity index (χ0n) is 17.9. The third-order valence-electron chi connectivity index (χ3n) is 6.45. The van der Waals surface area contributed by atoms with E-state index in [2.05, 4.69) is 23.5 Å². The molecule has 1 aliphatic carbocycles. The van der Waals surface area contributed by atoms with Crippen LogP contribution in [0.15, 0.2) is 77.9 Å². The zero-order valence-corrected chi connectivity index (χ0v) is 17.9. The Morgan fingerprint density at radius 2 is 1.70 bits per heavy atom. The third-order valence-corrected chi connectivity index (χ3v) is 6.45. The van der Waals surface area contributed by atoms with Crippen molar-refractivity contribution in [3.8, 4) is 0 Å². The first-order valence-corrected chi connectivity index (χ1v) is 11.0.